The van der Waals surface area contributed by atoms with Crippen molar-refractivity contribution < 1.29 is 4.79 Å². The lowest BCUT2D eigenvalue weighted by molar-refractivity contribution is -0.119. The molecule has 1 aliphatic heterocycles. The summed E-state index contributed by atoms with van der Waals surface area (Å²) >= 11 is 0. The number of carbonyl (C=O) groups is 1. The third kappa shape index (κ3) is 2.42. The molecule has 1 N–H and O–H groups in total. The molecule has 3 nitrogen and oxygen atoms in total. The molecule has 3 heteroatoms. The van der Waals surface area contributed by atoms with Crippen LogP contribution in [0.15, 0.2) is 30.3 Å². The molecule has 1 saturated heterocycles. The van der Waals surface area contributed by atoms with E-state index in [1.54, 1.807) is 0 Å². The van der Waals surface area contributed by atoms with Crippen molar-refractivity contribution in [2.45, 2.75) is 25.8 Å². The number of para-hydroxylation sites is 1. The molecule has 0 saturated carbocycles. The zero-order valence-electron chi connectivity index (χ0n) is 9.86. The number of nitrogens with zero attached hydrogens (tertiary/aromatic N) is 1. The summed E-state index contributed by atoms with van der Waals surface area (Å²) in [4.78, 5) is 14.0. The molecule has 1 aromatic rings. The van der Waals surface area contributed by atoms with Gasteiger partial charge in [0.1, 0.15) is 0 Å². The van der Waals surface area contributed by atoms with Crippen LogP contribution in [0.1, 0.15) is 20.3 Å². The van der Waals surface area contributed by atoms with Gasteiger partial charge in [-0.05, 0) is 26.0 Å². The van der Waals surface area contributed by atoms with Crippen LogP contribution in [0.3, 0.4) is 0 Å². The molecule has 0 spiro atoms. The minimum Gasteiger partial charge on any atom is -0.311 e. The second-order valence-electron chi connectivity index (χ2n) is 4.87. The Morgan fingerprint density at radius 3 is 2.62 bits per heavy atom. The van der Waals surface area contributed by atoms with Crippen LogP contribution in [-0.4, -0.2) is 24.5 Å². The van der Waals surface area contributed by atoms with E-state index in [2.05, 4.69) is 19.2 Å². The summed E-state index contributed by atoms with van der Waals surface area (Å²) in [5, 5.41) is 3.39. The molecule has 1 amide bonds. The summed E-state index contributed by atoms with van der Waals surface area (Å²) in [5.74, 6) is 0.196. The number of nitrogens with one attached hydrogen (secondary N) is 1. The molecule has 0 atom stereocenters. The highest BCUT2D eigenvalue weighted by Crippen LogP contribution is 2.20. The first kappa shape index (κ1) is 11.1. The molecule has 1 aromatic carbocycles. The summed E-state index contributed by atoms with van der Waals surface area (Å²) in [5.41, 5.74) is 0.896. The van der Waals surface area contributed by atoms with Crippen LogP contribution in [-0.2, 0) is 4.79 Å². The number of hydrogen-bond donors (Lipinski definition) is 1. The van der Waals surface area contributed by atoms with Gasteiger partial charge in [-0.25, -0.2) is 0 Å². The Labute approximate surface area is 96.5 Å². The Bertz CT molecular complexity index is 373. The van der Waals surface area contributed by atoms with E-state index in [4.69, 9.17) is 0 Å². The number of rotatable bonds is 1. The van der Waals surface area contributed by atoms with Crippen molar-refractivity contribution >= 4 is 11.6 Å². The molecule has 0 unspecified atom stereocenters. The average Bonchev–Trinajstić information content (AvgIpc) is 2.37. The third-order valence-corrected chi connectivity index (χ3v) is 2.90. The summed E-state index contributed by atoms with van der Waals surface area (Å²) in [6.07, 6.45) is 0.544. The van der Waals surface area contributed by atoms with Crippen LogP contribution in [0, 0.1) is 0 Å². The van der Waals surface area contributed by atoms with Gasteiger partial charge in [-0.3, -0.25) is 4.79 Å². The van der Waals surface area contributed by atoms with Gasteiger partial charge < -0.3 is 10.2 Å². The number of anilines is 1. The van der Waals surface area contributed by atoms with Crippen LogP contribution in [0.25, 0.3) is 0 Å². The minimum absolute atomic E-state index is 0.0966. The fourth-order valence-electron chi connectivity index (χ4n) is 2.05. The molecular formula is C13H18N2O. The van der Waals surface area contributed by atoms with Gasteiger partial charge in [0.05, 0.1) is 0 Å². The van der Waals surface area contributed by atoms with Crippen LogP contribution >= 0.6 is 0 Å². The largest absolute Gasteiger partial charge is 0.311 e. The Hall–Kier alpha value is -1.35. The van der Waals surface area contributed by atoms with Crippen LogP contribution in [0.4, 0.5) is 5.69 Å². The SMILES string of the molecule is CC1(C)CC(=O)N(c2ccccc2)CCN1. The number of amides is 1. The zero-order valence-corrected chi connectivity index (χ0v) is 9.86. The molecule has 1 heterocycles. The van der Waals surface area contributed by atoms with Gasteiger partial charge >= 0.3 is 0 Å². The van der Waals surface area contributed by atoms with E-state index in [-0.39, 0.29) is 11.4 Å². The Balaban J connectivity index is 2.20. The first-order chi connectivity index (χ1) is 7.58. The van der Waals surface area contributed by atoms with E-state index in [0.717, 1.165) is 18.8 Å². The summed E-state index contributed by atoms with van der Waals surface area (Å²) in [6.45, 7) is 5.72. The standard InChI is InChI=1S/C13H18N2O/c1-13(2)10-12(16)15(9-8-14-13)11-6-4-3-5-7-11/h3-7,14H,8-10H2,1-2H3. The number of carbonyl (C=O) groups excluding carboxylic acids is 1. The van der Waals surface area contributed by atoms with E-state index in [1.807, 2.05) is 35.2 Å². The van der Waals surface area contributed by atoms with E-state index in [0.29, 0.717) is 6.42 Å². The van der Waals surface area contributed by atoms with E-state index < -0.39 is 0 Å². The number of benzene rings is 1. The molecule has 2 rings (SSSR count). The van der Waals surface area contributed by atoms with Gasteiger partial charge in [-0.15, -0.1) is 0 Å². The second kappa shape index (κ2) is 4.26. The topological polar surface area (TPSA) is 32.3 Å². The van der Waals surface area contributed by atoms with Gasteiger partial charge in [0.2, 0.25) is 5.91 Å². The zero-order chi connectivity index (χ0) is 11.6. The first-order valence-corrected chi connectivity index (χ1v) is 5.69. The van der Waals surface area contributed by atoms with Crippen molar-refractivity contribution in [1.82, 2.24) is 5.32 Å². The smallest absolute Gasteiger partial charge is 0.228 e. The minimum atomic E-state index is -0.0966. The predicted octanol–water partition coefficient (Wildman–Crippen LogP) is 1.79. The van der Waals surface area contributed by atoms with Gasteiger partial charge in [0.25, 0.3) is 0 Å². The summed E-state index contributed by atoms with van der Waals surface area (Å²) in [6, 6.07) is 9.86. The predicted molar refractivity (Wildman–Crippen MR) is 65.5 cm³/mol. The molecule has 1 aliphatic rings. The monoisotopic (exact) mass is 218 g/mol. The summed E-state index contributed by atoms with van der Waals surface area (Å²) < 4.78 is 0. The first-order valence-electron chi connectivity index (χ1n) is 5.69. The third-order valence-electron chi connectivity index (χ3n) is 2.90. The highest BCUT2D eigenvalue weighted by atomic mass is 16.2. The van der Waals surface area contributed by atoms with Crippen molar-refractivity contribution in [2.75, 3.05) is 18.0 Å². The Morgan fingerprint density at radius 2 is 1.94 bits per heavy atom. The van der Waals surface area contributed by atoms with Crippen molar-refractivity contribution in [1.29, 1.82) is 0 Å². The normalized spacial score (nSPS) is 20.6. The molecule has 86 valence electrons. The number of hydrogen-bond acceptors (Lipinski definition) is 2. The van der Waals surface area contributed by atoms with Crippen molar-refractivity contribution in [3.05, 3.63) is 30.3 Å². The maximum Gasteiger partial charge on any atom is 0.228 e. The second-order valence-corrected chi connectivity index (χ2v) is 4.87. The van der Waals surface area contributed by atoms with E-state index in [9.17, 15) is 4.79 Å². The molecule has 16 heavy (non-hydrogen) atoms. The molecular weight excluding hydrogens is 200 g/mol. The maximum atomic E-state index is 12.1. The highest BCUT2D eigenvalue weighted by Gasteiger charge is 2.28. The van der Waals surface area contributed by atoms with Crippen molar-refractivity contribution in [3.63, 3.8) is 0 Å². The van der Waals surface area contributed by atoms with Crippen LogP contribution in [0.5, 0.6) is 0 Å². The van der Waals surface area contributed by atoms with Crippen molar-refractivity contribution in [3.8, 4) is 0 Å². The quantitative estimate of drug-likeness (QED) is 0.779. The molecule has 1 fully saturated rings. The lowest BCUT2D eigenvalue weighted by Crippen LogP contribution is -2.39. The Kier molecular flexibility index (Phi) is 2.97. The molecule has 0 aliphatic carbocycles. The van der Waals surface area contributed by atoms with Crippen LogP contribution < -0.4 is 10.2 Å². The fourth-order valence-corrected chi connectivity index (χ4v) is 2.05. The Morgan fingerprint density at radius 1 is 1.25 bits per heavy atom. The van der Waals surface area contributed by atoms with Gasteiger partial charge in [-0.2, -0.15) is 0 Å². The fraction of sp³-hybridized carbons (Fsp3) is 0.462. The average molecular weight is 218 g/mol. The molecule has 0 bridgehead atoms. The van der Waals surface area contributed by atoms with Crippen LogP contribution in [0.2, 0.25) is 0 Å². The van der Waals surface area contributed by atoms with E-state index >= 15 is 0 Å². The van der Waals surface area contributed by atoms with Gasteiger partial charge in [0.15, 0.2) is 0 Å². The van der Waals surface area contributed by atoms with E-state index in [1.165, 1.54) is 0 Å². The molecule has 0 radical (unpaired) electrons. The summed E-state index contributed by atoms with van der Waals surface area (Å²) in [7, 11) is 0. The van der Waals surface area contributed by atoms with Crippen molar-refractivity contribution in [2.24, 2.45) is 0 Å². The van der Waals surface area contributed by atoms with Gasteiger partial charge in [-0.1, -0.05) is 18.2 Å². The highest BCUT2D eigenvalue weighted by molar-refractivity contribution is 5.94. The lowest BCUT2D eigenvalue weighted by Gasteiger charge is -2.23. The lowest BCUT2D eigenvalue weighted by atomic mass is 10.0. The van der Waals surface area contributed by atoms with Gasteiger partial charge in [0, 0.05) is 30.7 Å². The molecule has 0 aromatic heterocycles. The maximum absolute atomic E-state index is 12.1.